The predicted molar refractivity (Wildman–Crippen MR) is 90.3 cm³/mol. The van der Waals surface area contributed by atoms with Gasteiger partial charge in [-0.3, -0.25) is 4.79 Å². The summed E-state index contributed by atoms with van der Waals surface area (Å²) in [5, 5.41) is 0. The van der Waals surface area contributed by atoms with Crippen LogP contribution in [0.25, 0.3) is 0 Å². The third kappa shape index (κ3) is 4.12. The standard InChI is InChI=1S/C19H27NO3/c1-5-23-19(22)17-8-6-7-9-20(17)18(21)12-16-14(3)10-13(2)11-15(16)4/h10-11,17H,5-9,12H2,1-4H3. The predicted octanol–water partition coefficient (Wildman–Crippen LogP) is 3.10. The zero-order valence-corrected chi connectivity index (χ0v) is 14.6. The first-order chi connectivity index (χ1) is 10.9. The van der Waals surface area contributed by atoms with Gasteiger partial charge in [-0.2, -0.15) is 0 Å². The minimum atomic E-state index is -0.415. The van der Waals surface area contributed by atoms with Crippen molar-refractivity contribution in [3.05, 3.63) is 34.4 Å². The van der Waals surface area contributed by atoms with Gasteiger partial charge < -0.3 is 9.64 Å². The number of aryl methyl sites for hydroxylation is 3. The highest BCUT2D eigenvalue weighted by atomic mass is 16.5. The summed E-state index contributed by atoms with van der Waals surface area (Å²) < 4.78 is 5.14. The third-order valence-corrected chi connectivity index (χ3v) is 4.55. The molecule has 1 aromatic carbocycles. The maximum Gasteiger partial charge on any atom is 0.328 e. The molecule has 0 aromatic heterocycles. The molecule has 1 fully saturated rings. The zero-order valence-electron chi connectivity index (χ0n) is 14.6. The van der Waals surface area contributed by atoms with Gasteiger partial charge in [0, 0.05) is 6.54 Å². The number of piperidine rings is 1. The number of amides is 1. The van der Waals surface area contributed by atoms with E-state index in [1.165, 1.54) is 5.56 Å². The molecule has 0 aliphatic carbocycles. The van der Waals surface area contributed by atoms with Crippen LogP contribution in [0.2, 0.25) is 0 Å². The molecular weight excluding hydrogens is 290 g/mol. The fourth-order valence-corrected chi connectivity index (χ4v) is 3.46. The molecule has 126 valence electrons. The Hall–Kier alpha value is -1.84. The molecule has 23 heavy (non-hydrogen) atoms. The van der Waals surface area contributed by atoms with Gasteiger partial charge >= 0.3 is 5.97 Å². The van der Waals surface area contributed by atoms with Crippen LogP contribution < -0.4 is 0 Å². The van der Waals surface area contributed by atoms with E-state index in [0.717, 1.165) is 29.5 Å². The van der Waals surface area contributed by atoms with E-state index in [1.807, 2.05) is 13.8 Å². The van der Waals surface area contributed by atoms with Crippen molar-refractivity contribution in [2.75, 3.05) is 13.2 Å². The van der Waals surface area contributed by atoms with Gasteiger partial charge in [-0.15, -0.1) is 0 Å². The molecule has 0 spiro atoms. The molecular formula is C19H27NO3. The number of ether oxygens (including phenoxy) is 1. The van der Waals surface area contributed by atoms with Gasteiger partial charge in [0.05, 0.1) is 13.0 Å². The fourth-order valence-electron chi connectivity index (χ4n) is 3.46. The minimum absolute atomic E-state index is 0.0257. The Bertz CT molecular complexity index is 571. The largest absolute Gasteiger partial charge is 0.464 e. The molecule has 1 aromatic rings. The van der Waals surface area contributed by atoms with Crippen molar-refractivity contribution in [1.82, 2.24) is 4.90 Å². The maximum atomic E-state index is 12.8. The van der Waals surface area contributed by atoms with Crippen molar-refractivity contribution in [3.63, 3.8) is 0 Å². The van der Waals surface area contributed by atoms with Gasteiger partial charge in [-0.05, 0) is 63.6 Å². The van der Waals surface area contributed by atoms with Gasteiger partial charge in [0.15, 0.2) is 0 Å². The average molecular weight is 317 g/mol. The van der Waals surface area contributed by atoms with Crippen molar-refractivity contribution < 1.29 is 14.3 Å². The summed E-state index contributed by atoms with van der Waals surface area (Å²) in [6.45, 7) is 8.95. The molecule has 1 atom stereocenters. The summed E-state index contributed by atoms with van der Waals surface area (Å²) in [5.41, 5.74) is 4.56. The van der Waals surface area contributed by atoms with Crippen LogP contribution in [0.4, 0.5) is 0 Å². The summed E-state index contributed by atoms with van der Waals surface area (Å²) in [6, 6.07) is 3.80. The highest BCUT2D eigenvalue weighted by Crippen LogP contribution is 2.22. The second-order valence-corrected chi connectivity index (χ2v) is 6.40. The molecule has 0 saturated carbocycles. The number of benzene rings is 1. The number of nitrogens with zero attached hydrogens (tertiary/aromatic N) is 1. The van der Waals surface area contributed by atoms with Crippen LogP contribution in [0.5, 0.6) is 0 Å². The molecule has 1 aliphatic rings. The number of hydrogen-bond donors (Lipinski definition) is 0. The summed E-state index contributed by atoms with van der Waals surface area (Å²) in [6.07, 6.45) is 2.98. The van der Waals surface area contributed by atoms with E-state index in [-0.39, 0.29) is 11.9 Å². The molecule has 0 radical (unpaired) electrons. The van der Waals surface area contributed by atoms with Gasteiger partial charge in [0.2, 0.25) is 5.91 Å². The number of hydrogen-bond acceptors (Lipinski definition) is 3. The van der Waals surface area contributed by atoms with Crippen molar-refractivity contribution >= 4 is 11.9 Å². The topological polar surface area (TPSA) is 46.6 Å². The number of carbonyl (C=O) groups is 2. The van der Waals surface area contributed by atoms with Gasteiger partial charge in [-0.1, -0.05) is 17.7 Å². The minimum Gasteiger partial charge on any atom is -0.464 e. The summed E-state index contributed by atoms with van der Waals surface area (Å²) in [7, 11) is 0. The molecule has 1 aliphatic heterocycles. The van der Waals surface area contributed by atoms with Crippen LogP contribution in [-0.4, -0.2) is 36.0 Å². The van der Waals surface area contributed by atoms with E-state index in [2.05, 4.69) is 19.1 Å². The summed E-state index contributed by atoms with van der Waals surface area (Å²) in [5.74, 6) is -0.240. The second-order valence-electron chi connectivity index (χ2n) is 6.40. The summed E-state index contributed by atoms with van der Waals surface area (Å²) in [4.78, 5) is 26.6. The zero-order chi connectivity index (χ0) is 17.0. The normalized spacial score (nSPS) is 17.9. The highest BCUT2D eigenvalue weighted by Gasteiger charge is 2.33. The van der Waals surface area contributed by atoms with Crippen LogP contribution in [0.15, 0.2) is 12.1 Å². The lowest BCUT2D eigenvalue weighted by molar-refractivity contribution is -0.156. The summed E-state index contributed by atoms with van der Waals surface area (Å²) >= 11 is 0. The highest BCUT2D eigenvalue weighted by molar-refractivity contribution is 5.86. The van der Waals surface area contributed by atoms with Crippen molar-refractivity contribution in [3.8, 4) is 0 Å². The smallest absolute Gasteiger partial charge is 0.328 e. The number of esters is 1. The third-order valence-electron chi connectivity index (χ3n) is 4.55. The molecule has 4 heteroatoms. The Kier molecular flexibility index (Phi) is 5.80. The Morgan fingerprint density at radius 2 is 1.83 bits per heavy atom. The maximum absolute atomic E-state index is 12.8. The lowest BCUT2D eigenvalue weighted by Gasteiger charge is -2.34. The number of rotatable bonds is 4. The Labute approximate surface area is 138 Å². The molecule has 4 nitrogen and oxygen atoms in total. The van der Waals surface area contributed by atoms with Crippen LogP contribution in [0.1, 0.15) is 48.4 Å². The van der Waals surface area contributed by atoms with E-state index in [1.54, 1.807) is 11.8 Å². The molecule has 1 heterocycles. The van der Waals surface area contributed by atoms with E-state index in [9.17, 15) is 9.59 Å². The van der Waals surface area contributed by atoms with Gasteiger partial charge in [0.25, 0.3) is 0 Å². The average Bonchev–Trinajstić information content (AvgIpc) is 2.51. The first-order valence-electron chi connectivity index (χ1n) is 8.46. The van der Waals surface area contributed by atoms with E-state index >= 15 is 0 Å². The second kappa shape index (κ2) is 7.62. The lowest BCUT2D eigenvalue weighted by Crippen LogP contribution is -2.49. The van der Waals surface area contributed by atoms with Crippen molar-refractivity contribution in [2.24, 2.45) is 0 Å². The Morgan fingerprint density at radius 1 is 1.17 bits per heavy atom. The van der Waals surface area contributed by atoms with Crippen molar-refractivity contribution in [2.45, 2.75) is 59.4 Å². The molecule has 1 amide bonds. The lowest BCUT2D eigenvalue weighted by atomic mass is 9.95. The van der Waals surface area contributed by atoms with Crippen LogP contribution in [0.3, 0.4) is 0 Å². The Balaban J connectivity index is 2.16. The van der Waals surface area contributed by atoms with Crippen molar-refractivity contribution in [1.29, 1.82) is 0 Å². The molecule has 2 rings (SSSR count). The van der Waals surface area contributed by atoms with E-state index < -0.39 is 6.04 Å². The first-order valence-corrected chi connectivity index (χ1v) is 8.46. The van der Waals surface area contributed by atoms with E-state index in [4.69, 9.17) is 4.74 Å². The van der Waals surface area contributed by atoms with Crippen LogP contribution >= 0.6 is 0 Å². The molecule has 0 N–H and O–H groups in total. The van der Waals surface area contributed by atoms with Crippen LogP contribution in [0, 0.1) is 20.8 Å². The number of likely N-dealkylation sites (tertiary alicyclic amines) is 1. The molecule has 1 unspecified atom stereocenters. The van der Waals surface area contributed by atoms with E-state index in [0.29, 0.717) is 26.0 Å². The molecule has 0 bridgehead atoms. The quantitative estimate of drug-likeness (QED) is 0.802. The Morgan fingerprint density at radius 3 is 2.43 bits per heavy atom. The SMILES string of the molecule is CCOC(=O)C1CCCCN1C(=O)Cc1c(C)cc(C)cc1C. The van der Waals surface area contributed by atoms with Crippen LogP contribution in [-0.2, 0) is 20.7 Å². The number of carbonyl (C=O) groups excluding carboxylic acids is 2. The van der Waals surface area contributed by atoms with Gasteiger partial charge in [0.1, 0.15) is 6.04 Å². The van der Waals surface area contributed by atoms with Gasteiger partial charge in [-0.25, -0.2) is 4.79 Å². The first kappa shape index (κ1) is 17.5. The monoisotopic (exact) mass is 317 g/mol. The fraction of sp³-hybridized carbons (Fsp3) is 0.579. The molecule has 1 saturated heterocycles.